The lowest BCUT2D eigenvalue weighted by Crippen LogP contribution is -2.16. The summed E-state index contributed by atoms with van der Waals surface area (Å²) in [6, 6.07) is 3.64. The van der Waals surface area contributed by atoms with Gasteiger partial charge in [0.15, 0.2) is 5.78 Å². The van der Waals surface area contributed by atoms with E-state index >= 15 is 0 Å². The van der Waals surface area contributed by atoms with Crippen LogP contribution in [0.1, 0.15) is 5.56 Å². The maximum absolute atomic E-state index is 11.3. The number of aromatic nitrogens is 1. The summed E-state index contributed by atoms with van der Waals surface area (Å²) in [6.07, 6.45) is 3.74. The van der Waals surface area contributed by atoms with Gasteiger partial charge in [-0.2, -0.15) is 0 Å². The molecule has 4 nitrogen and oxygen atoms in total. The number of nitrogens with zero attached hydrogens (tertiary/aromatic N) is 1. The third kappa shape index (κ3) is 4.11. The molecular weight excluding hydrogens is 180 g/mol. The van der Waals surface area contributed by atoms with Gasteiger partial charge in [-0.15, -0.1) is 0 Å². The lowest BCUT2D eigenvalue weighted by atomic mass is 10.1. The third-order valence-electron chi connectivity index (χ3n) is 1.68. The van der Waals surface area contributed by atoms with Crippen molar-refractivity contribution in [1.82, 2.24) is 4.98 Å². The van der Waals surface area contributed by atoms with Crippen LogP contribution in [0, 0.1) is 0 Å². The Morgan fingerprint density at radius 2 is 2.14 bits per heavy atom. The summed E-state index contributed by atoms with van der Waals surface area (Å²) in [4.78, 5) is 15.2. The van der Waals surface area contributed by atoms with Crippen molar-refractivity contribution in [2.45, 2.75) is 6.42 Å². The fraction of sp³-hybridized carbons (Fsp3) is 0.400. The molecule has 14 heavy (non-hydrogen) atoms. The number of ether oxygens (including phenoxy) is 1. The van der Waals surface area contributed by atoms with Crippen LogP contribution in [0.3, 0.4) is 0 Å². The Morgan fingerprint density at radius 1 is 1.43 bits per heavy atom. The van der Waals surface area contributed by atoms with Crippen LogP contribution in [0.2, 0.25) is 0 Å². The highest BCUT2D eigenvalue weighted by Crippen LogP contribution is 1.98. The third-order valence-corrected chi connectivity index (χ3v) is 1.68. The molecule has 1 aromatic rings. The first-order valence-corrected chi connectivity index (χ1v) is 4.51. The molecule has 0 saturated heterocycles. The Kier molecular flexibility index (Phi) is 4.82. The second-order valence-corrected chi connectivity index (χ2v) is 2.91. The highest BCUT2D eigenvalue weighted by molar-refractivity contribution is 5.81. The van der Waals surface area contributed by atoms with Crippen molar-refractivity contribution < 1.29 is 9.53 Å². The molecule has 76 valence electrons. The van der Waals surface area contributed by atoms with Gasteiger partial charge in [0.25, 0.3) is 0 Å². The number of hydrogen-bond acceptors (Lipinski definition) is 4. The van der Waals surface area contributed by atoms with Crippen LogP contribution >= 0.6 is 0 Å². The summed E-state index contributed by atoms with van der Waals surface area (Å²) in [5.74, 6) is 0.0599. The quantitative estimate of drug-likeness (QED) is 0.655. The van der Waals surface area contributed by atoms with Crippen molar-refractivity contribution in [3.8, 4) is 0 Å². The Balaban J connectivity index is 2.27. The van der Waals surface area contributed by atoms with Crippen LogP contribution in [0.4, 0.5) is 0 Å². The zero-order valence-electron chi connectivity index (χ0n) is 7.98. The number of nitrogens with two attached hydrogens (primary N) is 1. The van der Waals surface area contributed by atoms with E-state index in [9.17, 15) is 4.79 Å². The van der Waals surface area contributed by atoms with Gasteiger partial charge in [0, 0.05) is 25.4 Å². The summed E-state index contributed by atoms with van der Waals surface area (Å²) in [6.45, 7) is 1.02. The minimum absolute atomic E-state index is 0.0599. The van der Waals surface area contributed by atoms with Gasteiger partial charge in [0.1, 0.15) is 6.61 Å². The molecule has 1 aromatic heterocycles. The first kappa shape index (κ1) is 10.8. The van der Waals surface area contributed by atoms with Crippen molar-refractivity contribution in [1.29, 1.82) is 0 Å². The summed E-state index contributed by atoms with van der Waals surface area (Å²) in [5, 5.41) is 0. The molecule has 0 unspecified atom stereocenters. The summed E-state index contributed by atoms with van der Waals surface area (Å²) >= 11 is 0. The molecule has 0 fully saturated rings. The molecule has 0 aromatic carbocycles. The molecule has 1 heterocycles. The Labute approximate surface area is 83.1 Å². The lowest BCUT2D eigenvalue weighted by Gasteiger charge is -2.01. The van der Waals surface area contributed by atoms with Crippen molar-refractivity contribution in [3.63, 3.8) is 0 Å². The SMILES string of the molecule is NCCOCC(=O)Cc1ccncc1. The molecule has 4 heteroatoms. The fourth-order valence-corrected chi connectivity index (χ4v) is 1.05. The number of Topliss-reactive ketones (excluding diaryl/α,β-unsaturated/α-hetero) is 1. The van der Waals surface area contributed by atoms with Gasteiger partial charge in [-0.1, -0.05) is 0 Å². The van der Waals surface area contributed by atoms with Gasteiger partial charge < -0.3 is 10.5 Å². The van der Waals surface area contributed by atoms with E-state index in [1.54, 1.807) is 12.4 Å². The first-order valence-electron chi connectivity index (χ1n) is 4.51. The largest absolute Gasteiger partial charge is 0.372 e. The van der Waals surface area contributed by atoms with Gasteiger partial charge in [-0.3, -0.25) is 9.78 Å². The molecule has 0 radical (unpaired) electrons. The van der Waals surface area contributed by atoms with Gasteiger partial charge in [0.05, 0.1) is 6.61 Å². The van der Waals surface area contributed by atoms with E-state index in [2.05, 4.69) is 4.98 Å². The van der Waals surface area contributed by atoms with Crippen LogP contribution in [-0.4, -0.2) is 30.5 Å². The molecule has 0 spiro atoms. The van der Waals surface area contributed by atoms with E-state index in [1.807, 2.05) is 12.1 Å². The van der Waals surface area contributed by atoms with E-state index in [0.29, 0.717) is 19.6 Å². The topological polar surface area (TPSA) is 65.2 Å². The maximum atomic E-state index is 11.3. The molecule has 0 amide bonds. The number of rotatable bonds is 6. The van der Waals surface area contributed by atoms with Crippen molar-refractivity contribution in [2.24, 2.45) is 5.73 Å². The first-order chi connectivity index (χ1) is 6.83. The van der Waals surface area contributed by atoms with Crippen molar-refractivity contribution in [3.05, 3.63) is 30.1 Å². The summed E-state index contributed by atoms with van der Waals surface area (Å²) < 4.78 is 5.03. The van der Waals surface area contributed by atoms with Crippen molar-refractivity contribution >= 4 is 5.78 Å². The van der Waals surface area contributed by atoms with Gasteiger partial charge in [0.2, 0.25) is 0 Å². The van der Waals surface area contributed by atoms with Crippen LogP contribution < -0.4 is 5.73 Å². The molecule has 1 rings (SSSR count). The summed E-state index contributed by atoms with van der Waals surface area (Å²) in [5.41, 5.74) is 6.18. The van der Waals surface area contributed by atoms with E-state index in [4.69, 9.17) is 10.5 Å². The minimum atomic E-state index is 0.0599. The molecular formula is C10H14N2O2. The van der Waals surface area contributed by atoms with Crippen LogP contribution in [0.5, 0.6) is 0 Å². The highest BCUT2D eigenvalue weighted by Gasteiger charge is 2.02. The van der Waals surface area contributed by atoms with E-state index < -0.39 is 0 Å². The zero-order valence-corrected chi connectivity index (χ0v) is 7.98. The normalized spacial score (nSPS) is 10.1. The predicted molar refractivity (Wildman–Crippen MR) is 52.8 cm³/mol. The van der Waals surface area contributed by atoms with E-state index in [1.165, 1.54) is 0 Å². The van der Waals surface area contributed by atoms with E-state index in [-0.39, 0.29) is 12.4 Å². The number of carbonyl (C=O) groups excluding carboxylic acids is 1. The monoisotopic (exact) mass is 194 g/mol. The average Bonchev–Trinajstić information content (AvgIpc) is 2.20. The maximum Gasteiger partial charge on any atom is 0.162 e. The minimum Gasteiger partial charge on any atom is -0.372 e. The average molecular weight is 194 g/mol. The molecule has 0 atom stereocenters. The second kappa shape index (κ2) is 6.23. The van der Waals surface area contributed by atoms with Gasteiger partial charge in [-0.25, -0.2) is 0 Å². The molecule has 0 aliphatic carbocycles. The van der Waals surface area contributed by atoms with Crippen molar-refractivity contribution in [2.75, 3.05) is 19.8 Å². The Bertz CT molecular complexity index is 275. The zero-order chi connectivity index (χ0) is 10.2. The van der Waals surface area contributed by atoms with Gasteiger partial charge in [-0.05, 0) is 17.7 Å². The molecule has 2 N–H and O–H groups in total. The van der Waals surface area contributed by atoms with Crippen LogP contribution in [0.25, 0.3) is 0 Å². The number of ketones is 1. The van der Waals surface area contributed by atoms with E-state index in [0.717, 1.165) is 5.56 Å². The fourth-order valence-electron chi connectivity index (χ4n) is 1.05. The van der Waals surface area contributed by atoms with Gasteiger partial charge >= 0.3 is 0 Å². The molecule has 0 saturated carbocycles. The lowest BCUT2D eigenvalue weighted by molar-refractivity contribution is -0.122. The Morgan fingerprint density at radius 3 is 2.79 bits per heavy atom. The number of pyridine rings is 1. The Hall–Kier alpha value is -1.26. The molecule has 0 aliphatic rings. The standard InChI is InChI=1S/C10H14N2O2/c11-3-6-14-8-10(13)7-9-1-4-12-5-2-9/h1-2,4-5H,3,6-8,11H2. The molecule has 0 aliphatic heterocycles. The highest BCUT2D eigenvalue weighted by atomic mass is 16.5. The summed E-state index contributed by atoms with van der Waals surface area (Å²) in [7, 11) is 0. The van der Waals surface area contributed by atoms with Crippen LogP contribution in [0.15, 0.2) is 24.5 Å². The van der Waals surface area contributed by atoms with Crippen LogP contribution in [-0.2, 0) is 16.0 Å². The predicted octanol–water partition coefficient (Wildman–Crippen LogP) is 0.168. The molecule has 0 bridgehead atoms. The number of carbonyl (C=O) groups is 1. The number of hydrogen-bond donors (Lipinski definition) is 1. The smallest absolute Gasteiger partial charge is 0.162 e. The second-order valence-electron chi connectivity index (χ2n) is 2.91.